The molecule has 1 N–H and O–H groups in total. The molecule has 2 atom stereocenters. The molecule has 160 valence electrons. The number of para-hydroxylation sites is 1. The molecule has 1 saturated heterocycles. The van der Waals surface area contributed by atoms with Crippen LogP contribution in [0.15, 0.2) is 48.5 Å². The van der Waals surface area contributed by atoms with Crippen molar-refractivity contribution in [3.63, 3.8) is 0 Å². The van der Waals surface area contributed by atoms with Gasteiger partial charge in [-0.15, -0.1) is 0 Å². The molecule has 0 saturated carbocycles. The van der Waals surface area contributed by atoms with Gasteiger partial charge in [0.25, 0.3) is 0 Å². The van der Waals surface area contributed by atoms with E-state index < -0.39 is 6.04 Å². The number of fused-ring (bicyclic) bond motifs is 4. The van der Waals surface area contributed by atoms with Crippen LogP contribution in [0.25, 0.3) is 10.9 Å². The Hall–Kier alpha value is -3.08. The van der Waals surface area contributed by atoms with Crippen LogP contribution in [0.4, 0.5) is 0 Å². The summed E-state index contributed by atoms with van der Waals surface area (Å²) < 4.78 is 0. The summed E-state index contributed by atoms with van der Waals surface area (Å²) in [5, 5.41) is 1.15. The number of amides is 2. The van der Waals surface area contributed by atoms with Crippen LogP contribution in [0.2, 0.25) is 0 Å². The number of H-pyrrole nitrogens is 1. The number of nitrogens with one attached hydrogen (secondary N) is 1. The van der Waals surface area contributed by atoms with Gasteiger partial charge in [-0.3, -0.25) is 9.59 Å². The number of piperazine rings is 1. The van der Waals surface area contributed by atoms with Gasteiger partial charge in [-0.2, -0.15) is 0 Å². The van der Waals surface area contributed by atoms with Gasteiger partial charge >= 0.3 is 0 Å². The number of nitrogens with zero attached hydrogens (tertiary/aromatic N) is 2. The predicted molar refractivity (Wildman–Crippen MR) is 122 cm³/mol. The second kappa shape index (κ2) is 7.88. The Kier molecular flexibility index (Phi) is 5.05. The molecule has 3 heterocycles. The summed E-state index contributed by atoms with van der Waals surface area (Å²) in [4.78, 5) is 34.2. The smallest absolute Gasteiger partial charge is 0.246 e. The summed E-state index contributed by atoms with van der Waals surface area (Å²) >= 11 is 0. The van der Waals surface area contributed by atoms with E-state index in [1.54, 1.807) is 4.90 Å². The molecule has 0 spiro atoms. The molecule has 0 aliphatic carbocycles. The van der Waals surface area contributed by atoms with Crippen molar-refractivity contribution in [1.29, 1.82) is 0 Å². The van der Waals surface area contributed by atoms with Crippen molar-refractivity contribution in [2.45, 2.75) is 51.6 Å². The standard InChI is InChI=1S/C26H29N3O2/c1-3-4-9-14-28-16-23(30)29-22(26(28)31)15-20-19-12-7-8-13-21(19)27-24(20)25(29)18-11-6-5-10-17(18)2/h5-8,10-13,22,25,27H,3-4,9,14-16H2,1-2H3/t22-,25-/m0/s1. The van der Waals surface area contributed by atoms with E-state index >= 15 is 0 Å². The van der Waals surface area contributed by atoms with Crippen LogP contribution in [-0.4, -0.2) is 45.7 Å². The van der Waals surface area contributed by atoms with Crippen LogP contribution in [0.1, 0.15) is 54.6 Å². The Morgan fingerprint density at radius 3 is 2.61 bits per heavy atom. The first kappa shape index (κ1) is 19.9. The molecule has 1 aromatic heterocycles. The summed E-state index contributed by atoms with van der Waals surface area (Å²) in [5.74, 6) is 0.129. The van der Waals surface area contributed by atoms with Gasteiger partial charge in [-0.25, -0.2) is 0 Å². The number of carbonyl (C=O) groups excluding carboxylic acids is 2. The number of rotatable bonds is 5. The van der Waals surface area contributed by atoms with Crippen molar-refractivity contribution in [1.82, 2.24) is 14.8 Å². The molecule has 1 fully saturated rings. The molecule has 2 aliphatic rings. The van der Waals surface area contributed by atoms with E-state index in [-0.39, 0.29) is 24.4 Å². The zero-order valence-electron chi connectivity index (χ0n) is 18.2. The lowest BCUT2D eigenvalue weighted by atomic mass is 9.85. The lowest BCUT2D eigenvalue weighted by Gasteiger charge is -2.47. The molecule has 2 amide bonds. The number of carbonyl (C=O) groups is 2. The van der Waals surface area contributed by atoms with Gasteiger partial charge in [-0.05, 0) is 36.1 Å². The Bertz CT molecular complexity index is 1150. The number of unbranched alkanes of at least 4 members (excludes halogenated alkanes) is 2. The molecule has 2 aromatic carbocycles. The number of aryl methyl sites for hydroxylation is 1. The SMILES string of the molecule is CCCCCN1CC(=O)N2[C@@H](c3ccccc3C)c3[nH]c4ccccc4c3C[C@H]2C1=O. The van der Waals surface area contributed by atoms with Gasteiger partial charge in [0.15, 0.2) is 0 Å². The predicted octanol–water partition coefficient (Wildman–Crippen LogP) is 4.35. The van der Waals surface area contributed by atoms with Gasteiger partial charge in [0.2, 0.25) is 11.8 Å². The first-order valence-corrected chi connectivity index (χ1v) is 11.3. The quantitative estimate of drug-likeness (QED) is 0.630. The van der Waals surface area contributed by atoms with Crippen molar-refractivity contribution in [3.8, 4) is 0 Å². The summed E-state index contributed by atoms with van der Waals surface area (Å²) in [6, 6.07) is 15.7. The third-order valence-corrected chi connectivity index (χ3v) is 6.86. The van der Waals surface area contributed by atoms with Crippen molar-refractivity contribution in [2.75, 3.05) is 13.1 Å². The van der Waals surface area contributed by atoms with Gasteiger partial charge < -0.3 is 14.8 Å². The Balaban J connectivity index is 1.63. The van der Waals surface area contributed by atoms with Crippen molar-refractivity contribution >= 4 is 22.7 Å². The summed E-state index contributed by atoms with van der Waals surface area (Å²) in [6.07, 6.45) is 3.68. The molecule has 0 bridgehead atoms. The molecule has 5 nitrogen and oxygen atoms in total. The van der Waals surface area contributed by atoms with Crippen molar-refractivity contribution in [3.05, 3.63) is 70.9 Å². The number of hydrogen-bond donors (Lipinski definition) is 1. The minimum absolute atomic E-state index is 0.0404. The lowest BCUT2D eigenvalue weighted by molar-refractivity contribution is -0.158. The van der Waals surface area contributed by atoms with E-state index in [0.717, 1.165) is 47.0 Å². The number of aromatic nitrogens is 1. The summed E-state index contributed by atoms with van der Waals surface area (Å²) in [6.45, 7) is 5.07. The van der Waals surface area contributed by atoms with E-state index in [1.165, 1.54) is 5.56 Å². The van der Waals surface area contributed by atoms with Gasteiger partial charge in [0, 0.05) is 29.6 Å². The van der Waals surface area contributed by atoms with E-state index in [4.69, 9.17) is 0 Å². The first-order valence-electron chi connectivity index (χ1n) is 11.3. The van der Waals surface area contributed by atoms with E-state index in [1.807, 2.05) is 29.2 Å². The highest BCUT2D eigenvalue weighted by Crippen LogP contribution is 2.43. The molecule has 0 radical (unpaired) electrons. The molecule has 0 unspecified atom stereocenters. The minimum Gasteiger partial charge on any atom is -0.356 e. The van der Waals surface area contributed by atoms with Gasteiger partial charge in [0.1, 0.15) is 6.04 Å². The second-order valence-corrected chi connectivity index (χ2v) is 8.81. The summed E-state index contributed by atoms with van der Waals surface area (Å²) in [5.41, 5.74) is 5.49. The highest BCUT2D eigenvalue weighted by atomic mass is 16.2. The molecule has 2 aliphatic heterocycles. The largest absolute Gasteiger partial charge is 0.356 e. The van der Waals surface area contributed by atoms with E-state index in [2.05, 4.69) is 43.1 Å². The third kappa shape index (κ3) is 3.23. The fourth-order valence-corrected chi connectivity index (χ4v) is 5.28. The highest BCUT2D eigenvalue weighted by Gasteiger charge is 2.48. The fraction of sp³-hybridized carbons (Fsp3) is 0.385. The first-order chi connectivity index (χ1) is 15.1. The normalized spacial score (nSPS) is 20.8. The number of aromatic amines is 1. The van der Waals surface area contributed by atoms with Crippen LogP contribution >= 0.6 is 0 Å². The van der Waals surface area contributed by atoms with Crippen molar-refractivity contribution < 1.29 is 9.59 Å². The molecular formula is C26H29N3O2. The second-order valence-electron chi connectivity index (χ2n) is 8.81. The molecule has 5 rings (SSSR count). The molecule has 3 aromatic rings. The maximum Gasteiger partial charge on any atom is 0.246 e. The monoisotopic (exact) mass is 415 g/mol. The van der Waals surface area contributed by atoms with Crippen molar-refractivity contribution in [2.24, 2.45) is 0 Å². The highest BCUT2D eigenvalue weighted by molar-refractivity contribution is 5.97. The maximum absolute atomic E-state index is 13.6. The fourth-order valence-electron chi connectivity index (χ4n) is 5.28. The third-order valence-electron chi connectivity index (χ3n) is 6.86. The van der Waals surface area contributed by atoms with E-state index in [0.29, 0.717) is 13.0 Å². The van der Waals surface area contributed by atoms with Crippen LogP contribution in [0.5, 0.6) is 0 Å². The molecular weight excluding hydrogens is 386 g/mol. The van der Waals surface area contributed by atoms with Gasteiger partial charge in [0.05, 0.1) is 12.6 Å². The van der Waals surface area contributed by atoms with Crippen LogP contribution < -0.4 is 0 Å². The Morgan fingerprint density at radius 2 is 1.81 bits per heavy atom. The topological polar surface area (TPSA) is 56.4 Å². The molecule has 31 heavy (non-hydrogen) atoms. The number of benzene rings is 2. The Labute approximate surface area is 183 Å². The Morgan fingerprint density at radius 1 is 1.03 bits per heavy atom. The summed E-state index contributed by atoms with van der Waals surface area (Å²) in [7, 11) is 0. The van der Waals surface area contributed by atoms with Gasteiger partial charge in [-0.1, -0.05) is 62.2 Å². The molecule has 5 heteroatoms. The maximum atomic E-state index is 13.6. The lowest BCUT2D eigenvalue weighted by Crippen LogP contribution is -2.63. The van der Waals surface area contributed by atoms with Crippen LogP contribution in [-0.2, 0) is 16.0 Å². The average Bonchev–Trinajstić information content (AvgIpc) is 3.15. The average molecular weight is 416 g/mol. The number of hydrogen-bond acceptors (Lipinski definition) is 2. The zero-order valence-corrected chi connectivity index (χ0v) is 18.2. The minimum atomic E-state index is -0.445. The van der Waals surface area contributed by atoms with Crippen LogP contribution in [0.3, 0.4) is 0 Å². The van der Waals surface area contributed by atoms with E-state index in [9.17, 15) is 9.59 Å². The zero-order chi connectivity index (χ0) is 21.5. The van der Waals surface area contributed by atoms with Crippen LogP contribution in [0, 0.1) is 6.92 Å².